The number of hydrogen-bond donors (Lipinski definition) is 1. The molecule has 0 saturated heterocycles. The van der Waals surface area contributed by atoms with Gasteiger partial charge in [-0.2, -0.15) is 0 Å². The van der Waals surface area contributed by atoms with Gasteiger partial charge in [0, 0.05) is 5.56 Å². The van der Waals surface area contributed by atoms with Gasteiger partial charge in [0.1, 0.15) is 11.6 Å². The molecule has 0 aromatic heterocycles. The first-order valence-corrected chi connectivity index (χ1v) is 5.85. The molecule has 0 saturated carbocycles. The highest BCUT2D eigenvalue weighted by molar-refractivity contribution is 6.05. The Morgan fingerprint density at radius 3 is 2.35 bits per heavy atom. The monoisotopic (exact) mass is 275 g/mol. The number of halogens is 2. The maximum Gasteiger partial charge on any atom is 0.258 e. The summed E-state index contributed by atoms with van der Waals surface area (Å²) in [6.07, 6.45) is 0. The summed E-state index contributed by atoms with van der Waals surface area (Å²) in [5.41, 5.74) is -0.0960. The van der Waals surface area contributed by atoms with Crippen molar-refractivity contribution in [2.75, 3.05) is 5.32 Å². The minimum atomic E-state index is -0.775. The topological polar surface area (TPSA) is 46.2 Å². The van der Waals surface area contributed by atoms with Crippen LogP contribution in [0.4, 0.5) is 14.5 Å². The maximum atomic E-state index is 13.6. The SMILES string of the molecule is CC(=O)c1ccc(F)c(NC(=O)c2ccccc2F)c1. The third-order valence-electron chi connectivity index (χ3n) is 2.74. The zero-order valence-corrected chi connectivity index (χ0v) is 10.6. The largest absolute Gasteiger partial charge is 0.319 e. The number of benzene rings is 2. The normalized spacial score (nSPS) is 10.2. The Balaban J connectivity index is 2.30. The lowest BCUT2D eigenvalue weighted by atomic mass is 10.1. The fourth-order valence-corrected chi connectivity index (χ4v) is 1.68. The van der Waals surface area contributed by atoms with Crippen molar-refractivity contribution in [1.29, 1.82) is 0 Å². The van der Waals surface area contributed by atoms with Gasteiger partial charge in [-0.25, -0.2) is 8.78 Å². The van der Waals surface area contributed by atoms with E-state index in [0.29, 0.717) is 0 Å². The second-order valence-corrected chi connectivity index (χ2v) is 4.18. The summed E-state index contributed by atoms with van der Waals surface area (Å²) in [6, 6.07) is 8.98. The number of ketones is 1. The van der Waals surface area contributed by atoms with Gasteiger partial charge in [-0.1, -0.05) is 12.1 Å². The van der Waals surface area contributed by atoms with Crippen molar-refractivity contribution < 1.29 is 18.4 Å². The second-order valence-electron chi connectivity index (χ2n) is 4.18. The van der Waals surface area contributed by atoms with Gasteiger partial charge in [0.15, 0.2) is 5.78 Å². The molecule has 20 heavy (non-hydrogen) atoms. The van der Waals surface area contributed by atoms with Crippen LogP contribution in [0.25, 0.3) is 0 Å². The summed E-state index contributed by atoms with van der Waals surface area (Å²) in [7, 11) is 0. The fourth-order valence-electron chi connectivity index (χ4n) is 1.68. The summed E-state index contributed by atoms with van der Waals surface area (Å²) in [5, 5.41) is 2.26. The van der Waals surface area contributed by atoms with Crippen LogP contribution in [0.5, 0.6) is 0 Å². The lowest BCUT2D eigenvalue weighted by Crippen LogP contribution is -2.15. The zero-order chi connectivity index (χ0) is 14.7. The number of amides is 1. The van der Waals surface area contributed by atoms with Crippen molar-refractivity contribution >= 4 is 17.4 Å². The molecule has 0 radical (unpaired) electrons. The van der Waals surface area contributed by atoms with Gasteiger partial charge in [0.2, 0.25) is 0 Å². The molecule has 102 valence electrons. The van der Waals surface area contributed by atoms with Crippen LogP contribution in [0, 0.1) is 11.6 Å². The Hall–Kier alpha value is -2.56. The van der Waals surface area contributed by atoms with E-state index >= 15 is 0 Å². The van der Waals surface area contributed by atoms with Gasteiger partial charge in [-0.15, -0.1) is 0 Å². The van der Waals surface area contributed by atoms with E-state index in [9.17, 15) is 18.4 Å². The first kappa shape index (κ1) is 13.9. The van der Waals surface area contributed by atoms with Gasteiger partial charge in [0.25, 0.3) is 5.91 Å². The Labute approximate surface area is 114 Å². The quantitative estimate of drug-likeness (QED) is 0.872. The molecule has 2 aromatic rings. The molecule has 5 heteroatoms. The van der Waals surface area contributed by atoms with Crippen LogP contribution in [0.3, 0.4) is 0 Å². The fraction of sp³-hybridized carbons (Fsp3) is 0.0667. The third kappa shape index (κ3) is 2.88. The molecule has 2 aromatic carbocycles. The van der Waals surface area contributed by atoms with E-state index in [-0.39, 0.29) is 22.6 Å². The van der Waals surface area contributed by atoms with Crippen LogP contribution in [0.15, 0.2) is 42.5 Å². The average molecular weight is 275 g/mol. The molecular formula is C15H11F2NO2. The molecule has 0 aliphatic rings. The van der Waals surface area contributed by atoms with E-state index < -0.39 is 17.5 Å². The standard InChI is InChI=1S/C15H11F2NO2/c1-9(19)10-6-7-13(17)14(8-10)18-15(20)11-4-2-3-5-12(11)16/h2-8H,1H3,(H,18,20). The van der Waals surface area contributed by atoms with Crippen LogP contribution in [0.2, 0.25) is 0 Å². The second kappa shape index (κ2) is 5.61. The summed E-state index contributed by atoms with van der Waals surface area (Å²) in [5.74, 6) is -2.43. The maximum absolute atomic E-state index is 13.6. The van der Waals surface area contributed by atoms with Gasteiger partial charge in [-0.05, 0) is 37.3 Å². The minimum absolute atomic E-state index is 0.161. The highest BCUT2D eigenvalue weighted by Crippen LogP contribution is 2.18. The number of carbonyl (C=O) groups excluding carboxylic acids is 2. The van der Waals surface area contributed by atoms with E-state index in [1.165, 1.54) is 37.3 Å². The first-order chi connectivity index (χ1) is 9.49. The van der Waals surface area contributed by atoms with Crippen LogP contribution >= 0.6 is 0 Å². The highest BCUT2D eigenvalue weighted by Gasteiger charge is 2.14. The van der Waals surface area contributed by atoms with Crippen LogP contribution in [-0.2, 0) is 0 Å². The Kier molecular flexibility index (Phi) is 3.89. The van der Waals surface area contributed by atoms with E-state index in [1.54, 1.807) is 0 Å². The molecule has 0 bridgehead atoms. The number of hydrogen-bond acceptors (Lipinski definition) is 2. The van der Waals surface area contributed by atoms with E-state index in [4.69, 9.17) is 0 Å². The first-order valence-electron chi connectivity index (χ1n) is 5.85. The summed E-state index contributed by atoms with van der Waals surface area (Å²) in [6.45, 7) is 1.33. The molecule has 3 nitrogen and oxygen atoms in total. The summed E-state index contributed by atoms with van der Waals surface area (Å²) < 4.78 is 27.0. The summed E-state index contributed by atoms with van der Waals surface area (Å²) in [4.78, 5) is 23.1. The van der Waals surface area contributed by atoms with Crippen molar-refractivity contribution in [1.82, 2.24) is 0 Å². The predicted molar refractivity (Wildman–Crippen MR) is 70.8 cm³/mol. The van der Waals surface area contributed by atoms with Gasteiger partial charge in [-0.3, -0.25) is 9.59 Å². The zero-order valence-electron chi connectivity index (χ0n) is 10.6. The van der Waals surface area contributed by atoms with Crippen molar-refractivity contribution in [2.24, 2.45) is 0 Å². The number of anilines is 1. The molecule has 0 spiro atoms. The number of nitrogens with one attached hydrogen (secondary N) is 1. The molecule has 1 N–H and O–H groups in total. The van der Waals surface area contributed by atoms with Gasteiger partial charge < -0.3 is 5.32 Å². The average Bonchev–Trinajstić information content (AvgIpc) is 2.41. The lowest BCUT2D eigenvalue weighted by molar-refractivity contribution is 0.100. The molecule has 0 aliphatic carbocycles. The van der Waals surface area contributed by atoms with Crippen molar-refractivity contribution in [2.45, 2.75) is 6.92 Å². The molecule has 1 amide bonds. The number of Topliss-reactive ketones (excluding diaryl/α,β-unsaturated/α-hetero) is 1. The van der Waals surface area contributed by atoms with E-state index in [1.807, 2.05) is 0 Å². The van der Waals surface area contributed by atoms with Crippen LogP contribution < -0.4 is 5.32 Å². The van der Waals surface area contributed by atoms with Crippen molar-refractivity contribution in [3.63, 3.8) is 0 Å². The van der Waals surface area contributed by atoms with Crippen molar-refractivity contribution in [3.05, 3.63) is 65.2 Å². The van der Waals surface area contributed by atoms with Crippen LogP contribution in [-0.4, -0.2) is 11.7 Å². The Morgan fingerprint density at radius 1 is 1.00 bits per heavy atom. The van der Waals surface area contributed by atoms with E-state index in [2.05, 4.69) is 5.32 Å². The lowest BCUT2D eigenvalue weighted by Gasteiger charge is -2.08. The summed E-state index contributed by atoms with van der Waals surface area (Å²) >= 11 is 0. The van der Waals surface area contributed by atoms with Gasteiger partial charge in [0.05, 0.1) is 11.3 Å². The molecule has 0 atom stereocenters. The smallest absolute Gasteiger partial charge is 0.258 e. The molecule has 0 unspecified atom stereocenters. The molecule has 0 heterocycles. The van der Waals surface area contributed by atoms with E-state index in [0.717, 1.165) is 12.1 Å². The third-order valence-corrected chi connectivity index (χ3v) is 2.74. The van der Waals surface area contributed by atoms with Gasteiger partial charge >= 0.3 is 0 Å². The minimum Gasteiger partial charge on any atom is -0.319 e. The molecule has 0 aliphatic heterocycles. The molecular weight excluding hydrogens is 264 g/mol. The molecule has 0 fully saturated rings. The highest BCUT2D eigenvalue weighted by atomic mass is 19.1. The van der Waals surface area contributed by atoms with Crippen LogP contribution in [0.1, 0.15) is 27.6 Å². The Morgan fingerprint density at radius 2 is 1.70 bits per heavy atom. The molecule has 2 rings (SSSR count). The number of rotatable bonds is 3. The number of carbonyl (C=O) groups is 2. The Bertz CT molecular complexity index is 683. The predicted octanol–water partition coefficient (Wildman–Crippen LogP) is 3.42. The van der Waals surface area contributed by atoms with Crippen molar-refractivity contribution in [3.8, 4) is 0 Å².